The van der Waals surface area contributed by atoms with E-state index in [4.69, 9.17) is 9.47 Å². The molecule has 4 rings (SSSR count). The second-order valence-corrected chi connectivity index (χ2v) is 5.31. The lowest BCUT2D eigenvalue weighted by Gasteiger charge is -2.18. The molecular weight excluding hydrogens is 290 g/mol. The molecule has 1 heterocycles. The molecule has 0 fully saturated rings. The fourth-order valence-corrected chi connectivity index (χ4v) is 2.67. The summed E-state index contributed by atoms with van der Waals surface area (Å²) >= 11 is 0. The van der Waals surface area contributed by atoms with Crippen molar-refractivity contribution in [3.05, 3.63) is 60.2 Å². The molecular formula is C19H15NO3. The zero-order chi connectivity index (χ0) is 15.6. The van der Waals surface area contributed by atoms with Crippen molar-refractivity contribution in [2.45, 2.75) is 0 Å². The molecule has 4 heteroatoms. The van der Waals surface area contributed by atoms with Crippen LogP contribution in [0.1, 0.15) is 5.56 Å². The van der Waals surface area contributed by atoms with Gasteiger partial charge in [-0.15, -0.1) is 0 Å². The van der Waals surface area contributed by atoms with Crippen molar-refractivity contribution in [2.24, 2.45) is 4.99 Å². The standard InChI is InChI=1S/C19H15NO3/c21-17-7-5-13-3-1-2-4-15(13)16(17)12-20-14-6-8-18-19(11-14)23-10-9-22-18/h1-8,11-12,21H,9-10H2. The van der Waals surface area contributed by atoms with Crippen LogP contribution in [0.15, 0.2) is 59.6 Å². The molecule has 1 aliphatic rings. The van der Waals surface area contributed by atoms with Gasteiger partial charge >= 0.3 is 0 Å². The van der Waals surface area contributed by atoms with Crippen LogP contribution in [0.4, 0.5) is 5.69 Å². The number of ether oxygens (including phenoxy) is 2. The van der Waals surface area contributed by atoms with Gasteiger partial charge in [-0.3, -0.25) is 4.99 Å². The van der Waals surface area contributed by atoms with Gasteiger partial charge in [-0.2, -0.15) is 0 Å². The monoisotopic (exact) mass is 305 g/mol. The van der Waals surface area contributed by atoms with Gasteiger partial charge in [-0.1, -0.05) is 30.3 Å². The first-order valence-corrected chi connectivity index (χ1v) is 7.46. The van der Waals surface area contributed by atoms with Gasteiger partial charge in [0.2, 0.25) is 0 Å². The normalized spacial score (nSPS) is 13.6. The van der Waals surface area contributed by atoms with Crippen molar-refractivity contribution < 1.29 is 14.6 Å². The molecule has 0 spiro atoms. The van der Waals surface area contributed by atoms with E-state index in [0.29, 0.717) is 24.5 Å². The summed E-state index contributed by atoms with van der Waals surface area (Å²) in [6.45, 7) is 1.11. The highest BCUT2D eigenvalue weighted by Gasteiger charge is 2.11. The number of rotatable bonds is 2. The Morgan fingerprint density at radius 1 is 0.913 bits per heavy atom. The molecule has 0 aliphatic carbocycles. The fraction of sp³-hybridized carbons (Fsp3) is 0.105. The zero-order valence-electron chi connectivity index (χ0n) is 12.4. The Bertz CT molecular complexity index is 902. The van der Waals surface area contributed by atoms with Crippen LogP contribution < -0.4 is 9.47 Å². The maximum Gasteiger partial charge on any atom is 0.163 e. The number of hydrogen-bond acceptors (Lipinski definition) is 4. The molecule has 0 saturated heterocycles. The SMILES string of the molecule is Oc1ccc2ccccc2c1C=Nc1ccc2c(c1)OCCO2. The van der Waals surface area contributed by atoms with Crippen molar-refractivity contribution in [3.8, 4) is 17.2 Å². The number of phenolic OH excluding ortho intramolecular Hbond substituents is 1. The van der Waals surface area contributed by atoms with E-state index in [-0.39, 0.29) is 5.75 Å². The second-order valence-electron chi connectivity index (χ2n) is 5.31. The lowest BCUT2D eigenvalue weighted by Crippen LogP contribution is -2.14. The van der Waals surface area contributed by atoms with Gasteiger partial charge in [0.05, 0.1) is 5.69 Å². The third-order valence-electron chi connectivity index (χ3n) is 3.82. The van der Waals surface area contributed by atoms with Crippen LogP contribution in [0.2, 0.25) is 0 Å². The van der Waals surface area contributed by atoms with Crippen molar-refractivity contribution >= 4 is 22.7 Å². The topological polar surface area (TPSA) is 51.1 Å². The maximum absolute atomic E-state index is 10.1. The highest BCUT2D eigenvalue weighted by atomic mass is 16.6. The Morgan fingerprint density at radius 3 is 2.65 bits per heavy atom. The Hall–Kier alpha value is -3.01. The Morgan fingerprint density at radius 2 is 1.74 bits per heavy atom. The van der Waals surface area contributed by atoms with E-state index in [1.807, 2.05) is 48.5 Å². The smallest absolute Gasteiger partial charge is 0.163 e. The van der Waals surface area contributed by atoms with Crippen molar-refractivity contribution in [3.63, 3.8) is 0 Å². The first-order chi connectivity index (χ1) is 11.3. The summed E-state index contributed by atoms with van der Waals surface area (Å²) in [7, 11) is 0. The first-order valence-electron chi connectivity index (χ1n) is 7.46. The van der Waals surface area contributed by atoms with E-state index in [1.165, 1.54) is 0 Å². The highest BCUT2D eigenvalue weighted by molar-refractivity contribution is 6.03. The van der Waals surface area contributed by atoms with Crippen LogP contribution >= 0.6 is 0 Å². The number of benzene rings is 3. The van der Waals surface area contributed by atoms with Gasteiger partial charge < -0.3 is 14.6 Å². The van der Waals surface area contributed by atoms with Crippen LogP contribution in [0, 0.1) is 0 Å². The van der Waals surface area contributed by atoms with E-state index in [0.717, 1.165) is 22.2 Å². The molecule has 1 aliphatic heterocycles. The molecule has 0 aromatic heterocycles. The van der Waals surface area contributed by atoms with E-state index >= 15 is 0 Å². The minimum absolute atomic E-state index is 0.213. The van der Waals surface area contributed by atoms with E-state index < -0.39 is 0 Å². The number of nitrogens with zero attached hydrogens (tertiary/aromatic N) is 1. The van der Waals surface area contributed by atoms with E-state index in [2.05, 4.69) is 4.99 Å². The van der Waals surface area contributed by atoms with Gasteiger partial charge in [0.25, 0.3) is 0 Å². The Balaban J connectivity index is 1.73. The summed E-state index contributed by atoms with van der Waals surface area (Å²) in [5, 5.41) is 12.2. The Labute approximate surface area is 133 Å². The first kappa shape index (κ1) is 13.6. The third kappa shape index (κ3) is 2.59. The predicted molar refractivity (Wildman–Crippen MR) is 90.3 cm³/mol. The van der Waals surface area contributed by atoms with Gasteiger partial charge in [0.15, 0.2) is 11.5 Å². The molecule has 114 valence electrons. The van der Waals surface area contributed by atoms with Gasteiger partial charge in [0.1, 0.15) is 19.0 Å². The summed E-state index contributed by atoms with van der Waals surface area (Å²) in [6, 6.07) is 17.0. The molecule has 0 amide bonds. The van der Waals surface area contributed by atoms with Crippen LogP contribution in [0.5, 0.6) is 17.2 Å². The van der Waals surface area contributed by atoms with Gasteiger partial charge in [-0.05, 0) is 29.0 Å². The largest absolute Gasteiger partial charge is 0.507 e. The summed E-state index contributed by atoms with van der Waals surface area (Å²) in [5.74, 6) is 1.65. The summed E-state index contributed by atoms with van der Waals surface area (Å²) in [5.41, 5.74) is 1.46. The molecule has 1 N–H and O–H groups in total. The number of aliphatic imine (C=N–C) groups is 1. The third-order valence-corrected chi connectivity index (χ3v) is 3.82. The van der Waals surface area contributed by atoms with Crippen LogP contribution in [-0.4, -0.2) is 24.5 Å². The maximum atomic E-state index is 10.1. The van der Waals surface area contributed by atoms with Crippen LogP contribution in [0.3, 0.4) is 0 Å². The molecule has 0 saturated carbocycles. The molecule has 3 aromatic rings. The van der Waals surface area contributed by atoms with Crippen molar-refractivity contribution in [1.29, 1.82) is 0 Å². The van der Waals surface area contributed by atoms with Crippen molar-refractivity contribution in [2.75, 3.05) is 13.2 Å². The van der Waals surface area contributed by atoms with Gasteiger partial charge in [-0.25, -0.2) is 0 Å². The van der Waals surface area contributed by atoms with Crippen molar-refractivity contribution in [1.82, 2.24) is 0 Å². The lowest BCUT2D eigenvalue weighted by atomic mass is 10.0. The number of aromatic hydroxyl groups is 1. The molecule has 0 radical (unpaired) electrons. The Kier molecular flexibility index (Phi) is 3.35. The number of fused-ring (bicyclic) bond motifs is 2. The minimum Gasteiger partial charge on any atom is -0.507 e. The predicted octanol–water partition coefficient (Wildman–Crippen LogP) is 4.07. The lowest BCUT2D eigenvalue weighted by molar-refractivity contribution is 0.171. The molecule has 0 atom stereocenters. The molecule has 4 nitrogen and oxygen atoms in total. The average molecular weight is 305 g/mol. The zero-order valence-corrected chi connectivity index (χ0v) is 12.4. The van der Waals surface area contributed by atoms with Gasteiger partial charge in [0, 0.05) is 17.8 Å². The number of hydrogen-bond donors (Lipinski definition) is 1. The molecule has 0 bridgehead atoms. The van der Waals surface area contributed by atoms with Crippen LogP contribution in [0.25, 0.3) is 10.8 Å². The summed E-state index contributed by atoms with van der Waals surface area (Å²) < 4.78 is 11.1. The summed E-state index contributed by atoms with van der Waals surface area (Å²) in [6.07, 6.45) is 1.68. The molecule has 0 unspecified atom stereocenters. The highest BCUT2D eigenvalue weighted by Crippen LogP contribution is 2.34. The quantitative estimate of drug-likeness (QED) is 0.726. The van der Waals surface area contributed by atoms with E-state index in [9.17, 15) is 5.11 Å². The second kappa shape index (κ2) is 5.65. The fourth-order valence-electron chi connectivity index (χ4n) is 2.67. The molecule has 3 aromatic carbocycles. The summed E-state index contributed by atoms with van der Waals surface area (Å²) in [4.78, 5) is 4.48. The minimum atomic E-state index is 0.213. The van der Waals surface area contributed by atoms with E-state index in [1.54, 1.807) is 12.3 Å². The van der Waals surface area contributed by atoms with Crippen LogP contribution in [-0.2, 0) is 0 Å². The molecule has 23 heavy (non-hydrogen) atoms. The average Bonchev–Trinajstić information content (AvgIpc) is 2.61. The number of phenols is 1.